The summed E-state index contributed by atoms with van der Waals surface area (Å²) in [6, 6.07) is 15.3. The van der Waals surface area contributed by atoms with Gasteiger partial charge in [-0.3, -0.25) is 9.69 Å². The zero-order valence-corrected chi connectivity index (χ0v) is 14.8. The SMILES string of the molecule is CCc1ccccc1N1C(=O)/C(=C/c2ccccc2Cl)SC1=S. The molecule has 0 unspecified atom stereocenters. The van der Waals surface area contributed by atoms with E-state index in [-0.39, 0.29) is 5.91 Å². The lowest BCUT2D eigenvalue weighted by molar-refractivity contribution is -0.113. The van der Waals surface area contributed by atoms with Gasteiger partial charge in [-0.25, -0.2) is 0 Å². The van der Waals surface area contributed by atoms with Crippen molar-refractivity contribution in [1.82, 2.24) is 0 Å². The summed E-state index contributed by atoms with van der Waals surface area (Å²) < 4.78 is 0.550. The van der Waals surface area contributed by atoms with Crippen LogP contribution in [0, 0.1) is 0 Å². The molecule has 0 aliphatic carbocycles. The van der Waals surface area contributed by atoms with Gasteiger partial charge in [0.05, 0.1) is 10.6 Å². The largest absolute Gasteiger partial charge is 0.270 e. The zero-order chi connectivity index (χ0) is 16.4. The highest BCUT2D eigenvalue weighted by Gasteiger charge is 2.34. The fourth-order valence-electron chi connectivity index (χ4n) is 2.44. The minimum absolute atomic E-state index is 0.0965. The second kappa shape index (κ2) is 6.87. The van der Waals surface area contributed by atoms with Crippen LogP contribution >= 0.6 is 35.6 Å². The predicted octanol–water partition coefficient (Wildman–Crippen LogP) is 5.31. The molecule has 0 bridgehead atoms. The lowest BCUT2D eigenvalue weighted by Gasteiger charge is -2.18. The van der Waals surface area contributed by atoms with Crippen molar-refractivity contribution in [3.63, 3.8) is 0 Å². The Morgan fingerprint density at radius 1 is 1.17 bits per heavy atom. The highest BCUT2D eigenvalue weighted by Crippen LogP contribution is 2.38. The van der Waals surface area contributed by atoms with Gasteiger partial charge in [0.2, 0.25) is 0 Å². The number of benzene rings is 2. The van der Waals surface area contributed by atoms with Gasteiger partial charge in [0.25, 0.3) is 5.91 Å². The van der Waals surface area contributed by atoms with E-state index in [0.29, 0.717) is 14.2 Å². The number of carbonyl (C=O) groups is 1. The van der Waals surface area contributed by atoms with E-state index in [4.69, 9.17) is 23.8 Å². The maximum absolute atomic E-state index is 12.8. The fourth-order valence-corrected chi connectivity index (χ4v) is 3.90. The van der Waals surface area contributed by atoms with Crippen LogP contribution in [-0.4, -0.2) is 10.2 Å². The number of hydrogen-bond donors (Lipinski definition) is 0. The van der Waals surface area contributed by atoms with Gasteiger partial charge in [0.1, 0.15) is 0 Å². The third-order valence-corrected chi connectivity index (χ3v) is 5.25. The second-order valence-electron chi connectivity index (χ2n) is 5.02. The van der Waals surface area contributed by atoms with Gasteiger partial charge < -0.3 is 0 Å². The first-order chi connectivity index (χ1) is 11.1. The van der Waals surface area contributed by atoms with Gasteiger partial charge in [-0.2, -0.15) is 0 Å². The smallest absolute Gasteiger partial charge is 0.268 e. The summed E-state index contributed by atoms with van der Waals surface area (Å²) in [5, 5.41) is 0.617. The molecule has 3 rings (SSSR count). The summed E-state index contributed by atoms with van der Waals surface area (Å²) in [7, 11) is 0. The van der Waals surface area contributed by atoms with Gasteiger partial charge in [-0.15, -0.1) is 0 Å². The molecule has 0 radical (unpaired) electrons. The van der Waals surface area contributed by atoms with Crippen molar-refractivity contribution in [2.45, 2.75) is 13.3 Å². The Bertz CT molecular complexity index is 816. The van der Waals surface area contributed by atoms with Gasteiger partial charge in [0, 0.05) is 5.02 Å². The highest BCUT2D eigenvalue weighted by atomic mass is 35.5. The number of rotatable bonds is 3. The monoisotopic (exact) mass is 359 g/mol. The first kappa shape index (κ1) is 16.2. The number of thiocarbonyl (C=S) groups is 1. The Morgan fingerprint density at radius 3 is 2.61 bits per heavy atom. The first-order valence-electron chi connectivity index (χ1n) is 7.22. The Balaban J connectivity index is 1.99. The average Bonchev–Trinajstić information content (AvgIpc) is 2.83. The van der Waals surface area contributed by atoms with Crippen molar-refractivity contribution < 1.29 is 4.79 Å². The number of nitrogens with zero attached hydrogens (tertiary/aromatic N) is 1. The Morgan fingerprint density at radius 2 is 1.87 bits per heavy atom. The molecule has 1 aliphatic heterocycles. The molecule has 1 heterocycles. The van der Waals surface area contributed by atoms with E-state index in [2.05, 4.69) is 6.92 Å². The number of para-hydroxylation sites is 1. The number of thioether (sulfide) groups is 1. The average molecular weight is 360 g/mol. The summed E-state index contributed by atoms with van der Waals surface area (Å²) in [6.07, 6.45) is 2.65. The summed E-state index contributed by atoms with van der Waals surface area (Å²) in [6.45, 7) is 2.07. The van der Waals surface area contributed by atoms with Gasteiger partial charge in [0.15, 0.2) is 4.32 Å². The fraction of sp³-hybridized carbons (Fsp3) is 0.111. The van der Waals surface area contributed by atoms with Crippen LogP contribution in [0.2, 0.25) is 5.02 Å². The van der Waals surface area contributed by atoms with Crippen LogP contribution in [0.4, 0.5) is 5.69 Å². The lowest BCUT2D eigenvalue weighted by atomic mass is 10.1. The molecular formula is C18H14ClNOS2. The van der Waals surface area contributed by atoms with Crippen LogP contribution in [0.3, 0.4) is 0 Å². The Kier molecular flexibility index (Phi) is 4.85. The standard InChI is InChI=1S/C18H14ClNOS2/c1-2-12-7-4-6-10-15(12)20-17(21)16(23-18(20)22)11-13-8-3-5-9-14(13)19/h3-11H,2H2,1H3/b16-11-. The van der Waals surface area contributed by atoms with E-state index >= 15 is 0 Å². The van der Waals surface area contributed by atoms with Crippen LogP contribution < -0.4 is 4.90 Å². The van der Waals surface area contributed by atoms with E-state index in [0.717, 1.165) is 23.2 Å². The molecule has 116 valence electrons. The van der Waals surface area contributed by atoms with E-state index in [1.807, 2.05) is 42.5 Å². The minimum atomic E-state index is -0.0965. The zero-order valence-electron chi connectivity index (χ0n) is 12.5. The normalized spacial score (nSPS) is 16.4. The molecule has 2 aromatic carbocycles. The third-order valence-electron chi connectivity index (χ3n) is 3.60. The molecule has 0 aromatic heterocycles. The van der Waals surface area contributed by atoms with Crippen molar-refractivity contribution in [3.8, 4) is 0 Å². The first-order valence-corrected chi connectivity index (χ1v) is 8.82. The van der Waals surface area contributed by atoms with E-state index in [9.17, 15) is 4.79 Å². The molecule has 1 fully saturated rings. The van der Waals surface area contributed by atoms with E-state index in [1.165, 1.54) is 11.8 Å². The second-order valence-corrected chi connectivity index (χ2v) is 7.10. The topological polar surface area (TPSA) is 20.3 Å². The van der Waals surface area contributed by atoms with Crippen molar-refractivity contribution in [1.29, 1.82) is 0 Å². The van der Waals surface area contributed by atoms with E-state index < -0.39 is 0 Å². The number of carbonyl (C=O) groups excluding carboxylic acids is 1. The summed E-state index contributed by atoms with van der Waals surface area (Å²) in [5.41, 5.74) is 2.78. The Labute approximate surface area is 150 Å². The predicted molar refractivity (Wildman–Crippen MR) is 103 cm³/mol. The molecule has 2 aromatic rings. The molecule has 1 saturated heterocycles. The molecule has 2 nitrogen and oxygen atoms in total. The van der Waals surface area contributed by atoms with Crippen LogP contribution in [-0.2, 0) is 11.2 Å². The summed E-state index contributed by atoms with van der Waals surface area (Å²) in [5.74, 6) is -0.0965. The van der Waals surface area contributed by atoms with Crippen molar-refractivity contribution in [3.05, 3.63) is 69.6 Å². The lowest BCUT2D eigenvalue weighted by Crippen LogP contribution is -2.28. The molecule has 0 atom stereocenters. The number of aryl methyl sites for hydroxylation is 1. The van der Waals surface area contributed by atoms with Gasteiger partial charge in [-0.1, -0.05) is 78.9 Å². The third kappa shape index (κ3) is 3.20. The molecule has 5 heteroatoms. The molecule has 1 amide bonds. The maximum Gasteiger partial charge on any atom is 0.270 e. The molecule has 1 aliphatic rings. The number of hydrogen-bond acceptors (Lipinski definition) is 3. The van der Waals surface area contributed by atoms with Crippen molar-refractivity contribution in [2.24, 2.45) is 0 Å². The molecule has 23 heavy (non-hydrogen) atoms. The van der Waals surface area contributed by atoms with Crippen LogP contribution in [0.5, 0.6) is 0 Å². The van der Waals surface area contributed by atoms with Gasteiger partial charge in [-0.05, 0) is 35.8 Å². The summed E-state index contributed by atoms with van der Waals surface area (Å²) in [4.78, 5) is 15.0. The van der Waals surface area contributed by atoms with Crippen molar-refractivity contribution in [2.75, 3.05) is 4.90 Å². The number of amides is 1. The maximum atomic E-state index is 12.8. The van der Waals surface area contributed by atoms with Crippen molar-refractivity contribution >= 4 is 57.6 Å². The quantitative estimate of drug-likeness (QED) is 0.547. The van der Waals surface area contributed by atoms with Crippen LogP contribution in [0.15, 0.2) is 53.4 Å². The number of anilines is 1. The van der Waals surface area contributed by atoms with Crippen LogP contribution in [0.1, 0.15) is 18.1 Å². The number of halogens is 1. The van der Waals surface area contributed by atoms with Crippen LogP contribution in [0.25, 0.3) is 6.08 Å². The van der Waals surface area contributed by atoms with Gasteiger partial charge >= 0.3 is 0 Å². The minimum Gasteiger partial charge on any atom is -0.268 e. The molecular weight excluding hydrogens is 346 g/mol. The Hall–Kier alpha value is -1.62. The molecule has 0 spiro atoms. The van der Waals surface area contributed by atoms with E-state index in [1.54, 1.807) is 17.0 Å². The molecule has 0 saturated carbocycles. The molecule has 0 N–H and O–H groups in total. The highest BCUT2D eigenvalue weighted by molar-refractivity contribution is 8.27. The summed E-state index contributed by atoms with van der Waals surface area (Å²) >= 11 is 12.9.